The summed E-state index contributed by atoms with van der Waals surface area (Å²) in [5.41, 5.74) is 1.27. The second-order valence-electron chi connectivity index (χ2n) is 8.73. The number of amides is 2. The van der Waals surface area contributed by atoms with E-state index in [-0.39, 0.29) is 36.6 Å². The molecule has 0 N–H and O–H groups in total. The van der Waals surface area contributed by atoms with Gasteiger partial charge in [-0.1, -0.05) is 12.1 Å². The van der Waals surface area contributed by atoms with Crippen LogP contribution >= 0.6 is 11.3 Å². The second-order valence-corrected chi connectivity index (χ2v) is 9.73. The maximum Gasteiger partial charge on any atom is 0.254 e. The van der Waals surface area contributed by atoms with Crippen LogP contribution in [-0.4, -0.2) is 68.7 Å². The summed E-state index contributed by atoms with van der Waals surface area (Å²) < 4.78 is 30.3. The first kappa shape index (κ1) is 26.6. The molecule has 4 rings (SSSR count). The molecule has 0 spiro atoms. The zero-order valence-corrected chi connectivity index (χ0v) is 21.8. The van der Waals surface area contributed by atoms with Crippen LogP contribution in [0.15, 0.2) is 60.0 Å². The number of hydrogen-bond donors (Lipinski definition) is 0. The van der Waals surface area contributed by atoms with Gasteiger partial charge in [0.15, 0.2) is 0 Å². The zero-order chi connectivity index (χ0) is 26.2. The minimum absolute atomic E-state index is 0.117. The Labute approximate surface area is 220 Å². The lowest BCUT2D eigenvalue weighted by atomic mass is 10.0. The molecule has 196 valence electrons. The quantitative estimate of drug-likeness (QED) is 0.342. The maximum absolute atomic E-state index is 13.8. The minimum Gasteiger partial charge on any atom is -0.497 e. The van der Waals surface area contributed by atoms with Gasteiger partial charge >= 0.3 is 0 Å². The number of methoxy groups -OCH3 is 2. The van der Waals surface area contributed by atoms with Crippen molar-refractivity contribution in [3.05, 3.63) is 81.8 Å². The van der Waals surface area contributed by atoms with Crippen molar-refractivity contribution in [1.82, 2.24) is 9.80 Å². The summed E-state index contributed by atoms with van der Waals surface area (Å²) in [5.74, 6) is 0.272. The number of halogens is 1. The third-order valence-corrected chi connectivity index (χ3v) is 7.32. The molecule has 0 radical (unpaired) electrons. The molecule has 7 nitrogen and oxygen atoms in total. The van der Waals surface area contributed by atoms with E-state index in [0.29, 0.717) is 37.6 Å². The zero-order valence-electron chi connectivity index (χ0n) is 21.0. The van der Waals surface area contributed by atoms with Crippen molar-refractivity contribution in [2.75, 3.05) is 47.1 Å². The molecule has 9 heteroatoms. The highest BCUT2D eigenvalue weighted by atomic mass is 32.1. The van der Waals surface area contributed by atoms with Gasteiger partial charge in [0.1, 0.15) is 30.5 Å². The van der Waals surface area contributed by atoms with E-state index in [4.69, 9.17) is 14.2 Å². The third-order valence-electron chi connectivity index (χ3n) is 6.33. The van der Waals surface area contributed by atoms with Crippen molar-refractivity contribution in [2.45, 2.75) is 18.9 Å². The van der Waals surface area contributed by atoms with Crippen LogP contribution in [0.2, 0.25) is 0 Å². The molecule has 2 heterocycles. The van der Waals surface area contributed by atoms with E-state index in [1.807, 2.05) is 29.6 Å². The normalized spacial score (nSPS) is 14.7. The highest BCUT2D eigenvalue weighted by Crippen LogP contribution is 2.34. The highest BCUT2D eigenvalue weighted by molar-refractivity contribution is 7.10. The van der Waals surface area contributed by atoms with Crippen LogP contribution in [-0.2, 0) is 16.0 Å². The van der Waals surface area contributed by atoms with Crippen LogP contribution < -0.4 is 9.47 Å². The number of carbonyl (C=O) groups excluding carboxylic acids is 2. The van der Waals surface area contributed by atoms with Gasteiger partial charge in [-0.2, -0.15) is 0 Å². The fourth-order valence-corrected chi connectivity index (χ4v) is 5.38. The van der Waals surface area contributed by atoms with Gasteiger partial charge in [0, 0.05) is 43.3 Å². The maximum atomic E-state index is 13.8. The van der Waals surface area contributed by atoms with Crippen LogP contribution in [0.1, 0.15) is 33.3 Å². The molecule has 0 saturated carbocycles. The highest BCUT2D eigenvalue weighted by Gasteiger charge is 2.33. The first-order chi connectivity index (χ1) is 18.0. The van der Waals surface area contributed by atoms with Gasteiger partial charge in [0.2, 0.25) is 5.91 Å². The largest absolute Gasteiger partial charge is 0.497 e. The smallest absolute Gasteiger partial charge is 0.254 e. The molecule has 1 aliphatic heterocycles. The molecule has 37 heavy (non-hydrogen) atoms. The fourth-order valence-electron chi connectivity index (χ4n) is 4.45. The van der Waals surface area contributed by atoms with Gasteiger partial charge in [-0.15, -0.1) is 11.3 Å². The molecule has 1 aliphatic rings. The number of fused-ring (bicyclic) bond motifs is 1. The number of thiophene rings is 1. The van der Waals surface area contributed by atoms with Gasteiger partial charge in [-0.05, 0) is 60.2 Å². The first-order valence-electron chi connectivity index (χ1n) is 12.2. The summed E-state index contributed by atoms with van der Waals surface area (Å²) in [6, 6.07) is 14.6. The molecular formula is C28H31FN2O5S. The molecule has 0 saturated heterocycles. The molecule has 1 unspecified atom stereocenters. The Morgan fingerprint density at radius 3 is 2.70 bits per heavy atom. The predicted octanol–water partition coefficient (Wildman–Crippen LogP) is 4.58. The summed E-state index contributed by atoms with van der Waals surface area (Å²) in [7, 11) is 3.19. The Morgan fingerprint density at radius 1 is 1.11 bits per heavy atom. The minimum atomic E-state index is -0.496. The van der Waals surface area contributed by atoms with E-state index in [0.717, 1.165) is 12.0 Å². The monoisotopic (exact) mass is 526 g/mol. The number of ether oxygens (including phenoxy) is 3. The summed E-state index contributed by atoms with van der Waals surface area (Å²) >= 11 is 1.67. The lowest BCUT2D eigenvalue weighted by molar-refractivity contribution is -0.135. The van der Waals surface area contributed by atoms with Crippen molar-refractivity contribution in [2.24, 2.45) is 0 Å². The van der Waals surface area contributed by atoms with Gasteiger partial charge in [0.25, 0.3) is 5.91 Å². The second kappa shape index (κ2) is 12.7. The first-order valence-corrected chi connectivity index (χ1v) is 13.0. The molecule has 1 aromatic heterocycles. The molecule has 0 aliphatic carbocycles. The Kier molecular flexibility index (Phi) is 9.14. The molecule has 0 fully saturated rings. The van der Waals surface area contributed by atoms with Crippen molar-refractivity contribution in [3.63, 3.8) is 0 Å². The predicted molar refractivity (Wildman–Crippen MR) is 140 cm³/mol. The molecule has 2 amide bonds. The summed E-state index contributed by atoms with van der Waals surface area (Å²) in [6.45, 7) is 1.44. The van der Waals surface area contributed by atoms with E-state index < -0.39 is 5.82 Å². The molecule has 2 aromatic carbocycles. The van der Waals surface area contributed by atoms with Crippen molar-refractivity contribution in [1.29, 1.82) is 0 Å². The van der Waals surface area contributed by atoms with E-state index in [9.17, 15) is 14.0 Å². The van der Waals surface area contributed by atoms with Gasteiger partial charge < -0.3 is 24.0 Å². The van der Waals surface area contributed by atoms with E-state index in [2.05, 4.69) is 0 Å². The lowest BCUT2D eigenvalue weighted by Gasteiger charge is -2.37. The number of benzene rings is 2. The van der Waals surface area contributed by atoms with Crippen LogP contribution in [0.25, 0.3) is 0 Å². The van der Waals surface area contributed by atoms with Crippen LogP contribution in [0.3, 0.4) is 0 Å². The number of hydrogen-bond acceptors (Lipinski definition) is 6. The SMILES string of the molecule is COCCCN(CC(=O)N1CCc2sccc2C1COc1cccc(OC)c1)C(=O)c1cccc(F)c1. The summed E-state index contributed by atoms with van der Waals surface area (Å²) in [6.07, 6.45) is 1.30. The number of rotatable bonds is 11. The van der Waals surface area contributed by atoms with E-state index in [1.54, 1.807) is 42.6 Å². The summed E-state index contributed by atoms with van der Waals surface area (Å²) in [4.78, 5) is 31.4. The molecular weight excluding hydrogens is 495 g/mol. The van der Waals surface area contributed by atoms with Crippen molar-refractivity contribution >= 4 is 23.2 Å². The van der Waals surface area contributed by atoms with Crippen LogP contribution in [0.5, 0.6) is 11.5 Å². The molecule has 0 bridgehead atoms. The van der Waals surface area contributed by atoms with Crippen LogP contribution in [0, 0.1) is 5.82 Å². The topological polar surface area (TPSA) is 68.3 Å². The number of nitrogens with zero attached hydrogens (tertiary/aromatic N) is 2. The third kappa shape index (κ3) is 6.67. The van der Waals surface area contributed by atoms with Gasteiger partial charge in [-0.25, -0.2) is 4.39 Å². The van der Waals surface area contributed by atoms with E-state index in [1.165, 1.54) is 28.0 Å². The fraction of sp³-hybridized carbons (Fsp3) is 0.357. The average Bonchev–Trinajstić information content (AvgIpc) is 3.40. The Bertz CT molecular complexity index is 1220. The average molecular weight is 527 g/mol. The van der Waals surface area contributed by atoms with Gasteiger partial charge in [0.05, 0.1) is 13.2 Å². The number of carbonyl (C=O) groups is 2. The van der Waals surface area contributed by atoms with E-state index >= 15 is 0 Å². The van der Waals surface area contributed by atoms with Crippen LogP contribution in [0.4, 0.5) is 4.39 Å². The summed E-state index contributed by atoms with van der Waals surface area (Å²) in [5, 5.41) is 2.03. The molecule has 1 atom stereocenters. The Balaban J connectivity index is 1.52. The van der Waals surface area contributed by atoms with Crippen molar-refractivity contribution in [3.8, 4) is 11.5 Å². The standard InChI is InChI=1S/C28H31FN2O5S/c1-34-14-5-12-30(28(33)20-6-3-7-21(29)16-20)18-27(32)31-13-10-26-24(11-15-37-26)25(31)19-36-23-9-4-8-22(17-23)35-2/h3-4,6-9,11,15-17,25H,5,10,12-14,18-19H2,1-2H3. The van der Waals surface area contributed by atoms with Crippen molar-refractivity contribution < 1.29 is 28.2 Å². The Hall–Kier alpha value is -3.43. The molecule has 3 aromatic rings. The lowest BCUT2D eigenvalue weighted by Crippen LogP contribution is -2.48. The van der Waals surface area contributed by atoms with Gasteiger partial charge in [-0.3, -0.25) is 9.59 Å². The Morgan fingerprint density at radius 2 is 1.92 bits per heavy atom.